The van der Waals surface area contributed by atoms with Crippen LogP contribution < -0.4 is 30.5 Å². The summed E-state index contributed by atoms with van der Waals surface area (Å²) in [5, 5.41) is 8.81. The highest BCUT2D eigenvalue weighted by molar-refractivity contribution is 5.84. The largest absolute Gasteiger partial charge is 0.378 e. The molecule has 0 atom stereocenters. The number of ether oxygens (including phenoxy) is 4. The van der Waals surface area contributed by atoms with Crippen molar-refractivity contribution >= 4 is 48.1 Å². The number of hydrazone groups is 2. The molecule has 2 N–H and O–H groups in total. The summed E-state index contributed by atoms with van der Waals surface area (Å²) in [5.74, 6) is 3.19. The summed E-state index contributed by atoms with van der Waals surface area (Å²) >= 11 is 0. The Morgan fingerprint density at radius 2 is 0.708 bits per heavy atom. The highest BCUT2D eigenvalue weighted by Crippen LogP contribution is 2.20. The van der Waals surface area contributed by atoms with Crippen LogP contribution in [0.25, 0.3) is 0 Å². The normalized spacial score (nSPS) is 19.3. The van der Waals surface area contributed by atoms with E-state index in [0.29, 0.717) is 88.5 Å². The fourth-order valence-corrected chi connectivity index (χ4v) is 5.42. The third kappa shape index (κ3) is 8.38. The molecule has 0 aliphatic carbocycles. The number of nitrogens with one attached hydrogen (secondary N) is 2. The lowest BCUT2D eigenvalue weighted by Crippen LogP contribution is -2.40. The van der Waals surface area contributed by atoms with Crippen molar-refractivity contribution in [1.82, 2.24) is 29.9 Å². The summed E-state index contributed by atoms with van der Waals surface area (Å²) in [5.41, 5.74) is 7.77. The van der Waals surface area contributed by atoms with Crippen molar-refractivity contribution in [2.45, 2.75) is 0 Å². The van der Waals surface area contributed by atoms with E-state index in [4.69, 9.17) is 28.9 Å². The van der Waals surface area contributed by atoms with Gasteiger partial charge in [0.15, 0.2) is 0 Å². The molecule has 7 rings (SSSR count). The van der Waals surface area contributed by atoms with Gasteiger partial charge in [0, 0.05) is 52.4 Å². The Morgan fingerprint density at radius 1 is 0.438 bits per heavy atom. The monoisotopic (exact) mass is 660 g/mol. The zero-order chi connectivity index (χ0) is 32.4. The molecule has 18 nitrogen and oxygen atoms in total. The van der Waals surface area contributed by atoms with Crippen LogP contribution in [0.1, 0.15) is 11.1 Å². The predicted molar refractivity (Wildman–Crippen MR) is 181 cm³/mol. The zero-order valence-corrected chi connectivity index (χ0v) is 26.8. The maximum Gasteiger partial charge on any atom is 0.250 e. The standard InChI is InChI=1S/C30H40N14O4/c1-2-24(22-32-40-26-35-29(43-9-17-47-18-10-43)38-30(36-26)44-11-19-48-20-12-44)4-3-23(1)21-31-39-25-33-27(41-5-13-45-14-6-41)37-28(34-25)42-7-15-46-16-8-42/h1-4,21-22H,5-20H2,(H,33,34,37,39)(H,35,36,38,40). The molecule has 0 bridgehead atoms. The van der Waals surface area contributed by atoms with Gasteiger partial charge in [0.1, 0.15) is 0 Å². The van der Waals surface area contributed by atoms with Crippen LogP contribution in [0.5, 0.6) is 0 Å². The molecule has 0 amide bonds. The van der Waals surface area contributed by atoms with Gasteiger partial charge in [0.05, 0.1) is 65.3 Å². The number of anilines is 6. The molecule has 48 heavy (non-hydrogen) atoms. The van der Waals surface area contributed by atoms with Gasteiger partial charge in [-0.05, 0) is 11.1 Å². The van der Waals surface area contributed by atoms with Crippen LogP contribution in [-0.4, -0.2) is 148 Å². The summed E-state index contributed by atoms with van der Waals surface area (Å²) in [4.78, 5) is 36.4. The molecule has 6 heterocycles. The first-order chi connectivity index (χ1) is 23.8. The maximum absolute atomic E-state index is 5.50. The molecule has 3 aromatic rings. The lowest BCUT2D eigenvalue weighted by molar-refractivity contribution is 0.121. The number of benzene rings is 1. The average molecular weight is 661 g/mol. The van der Waals surface area contributed by atoms with Crippen molar-refractivity contribution in [3.63, 3.8) is 0 Å². The van der Waals surface area contributed by atoms with Gasteiger partial charge in [-0.2, -0.15) is 40.1 Å². The van der Waals surface area contributed by atoms with Crippen LogP contribution in [0.15, 0.2) is 34.5 Å². The third-order valence-electron chi connectivity index (χ3n) is 8.09. The Labute approximate surface area is 278 Å². The van der Waals surface area contributed by atoms with Crippen molar-refractivity contribution in [2.75, 3.05) is 136 Å². The van der Waals surface area contributed by atoms with E-state index in [1.54, 1.807) is 12.4 Å². The number of rotatable bonds is 10. The fourth-order valence-electron chi connectivity index (χ4n) is 5.42. The van der Waals surface area contributed by atoms with Crippen molar-refractivity contribution in [3.8, 4) is 0 Å². The van der Waals surface area contributed by atoms with E-state index in [2.05, 4.69) is 60.6 Å². The van der Waals surface area contributed by atoms with Crippen molar-refractivity contribution in [2.24, 2.45) is 10.2 Å². The molecule has 0 spiro atoms. The maximum atomic E-state index is 5.50. The molecular formula is C30H40N14O4. The van der Waals surface area contributed by atoms with E-state index in [1.807, 2.05) is 24.3 Å². The van der Waals surface area contributed by atoms with Crippen LogP contribution >= 0.6 is 0 Å². The van der Waals surface area contributed by atoms with E-state index in [1.165, 1.54) is 0 Å². The highest BCUT2D eigenvalue weighted by atomic mass is 16.5. The van der Waals surface area contributed by atoms with Gasteiger partial charge in [-0.15, -0.1) is 0 Å². The van der Waals surface area contributed by atoms with Crippen molar-refractivity contribution < 1.29 is 18.9 Å². The summed E-state index contributed by atoms with van der Waals surface area (Å²) < 4.78 is 22.0. The lowest BCUT2D eigenvalue weighted by Gasteiger charge is -2.30. The van der Waals surface area contributed by atoms with Crippen molar-refractivity contribution in [1.29, 1.82) is 0 Å². The molecule has 0 saturated carbocycles. The van der Waals surface area contributed by atoms with Crippen LogP contribution in [0, 0.1) is 0 Å². The highest BCUT2D eigenvalue weighted by Gasteiger charge is 2.22. The quantitative estimate of drug-likeness (QED) is 0.224. The SMILES string of the molecule is C(=NNc1nc(N2CCOCC2)nc(N2CCOCC2)n1)c1ccc(C=NNc2nc(N3CCOCC3)nc(N3CCOCC3)n2)cc1. The Bertz CT molecular complexity index is 1350. The third-order valence-corrected chi connectivity index (χ3v) is 8.09. The molecule has 254 valence electrons. The Hall–Kier alpha value is -4.78. The smallest absolute Gasteiger partial charge is 0.250 e. The summed E-state index contributed by atoms with van der Waals surface area (Å²) in [7, 11) is 0. The molecule has 2 aromatic heterocycles. The number of morpholine rings is 4. The second-order valence-electron chi connectivity index (χ2n) is 11.3. The van der Waals surface area contributed by atoms with Crippen LogP contribution in [0.4, 0.5) is 35.7 Å². The first-order valence-corrected chi connectivity index (χ1v) is 16.3. The van der Waals surface area contributed by atoms with E-state index in [-0.39, 0.29) is 0 Å². The van der Waals surface area contributed by atoms with Gasteiger partial charge >= 0.3 is 0 Å². The van der Waals surface area contributed by atoms with E-state index >= 15 is 0 Å². The summed E-state index contributed by atoms with van der Waals surface area (Å²) in [6.45, 7) is 10.9. The van der Waals surface area contributed by atoms with Crippen LogP contribution in [-0.2, 0) is 18.9 Å². The van der Waals surface area contributed by atoms with E-state index in [9.17, 15) is 0 Å². The molecular weight excluding hydrogens is 620 g/mol. The Morgan fingerprint density at radius 3 is 0.979 bits per heavy atom. The second-order valence-corrected chi connectivity index (χ2v) is 11.3. The van der Waals surface area contributed by atoms with Gasteiger partial charge in [-0.1, -0.05) is 24.3 Å². The topological polar surface area (TPSA) is 176 Å². The zero-order valence-electron chi connectivity index (χ0n) is 26.8. The number of hydrogen-bond donors (Lipinski definition) is 2. The van der Waals surface area contributed by atoms with E-state index in [0.717, 1.165) is 63.5 Å². The molecule has 0 radical (unpaired) electrons. The summed E-state index contributed by atoms with van der Waals surface area (Å²) in [6.07, 6.45) is 3.44. The minimum Gasteiger partial charge on any atom is -0.378 e. The average Bonchev–Trinajstić information content (AvgIpc) is 3.17. The number of aromatic nitrogens is 6. The molecule has 4 aliphatic heterocycles. The van der Waals surface area contributed by atoms with Gasteiger partial charge in [-0.25, -0.2) is 10.9 Å². The lowest BCUT2D eigenvalue weighted by atomic mass is 10.2. The van der Waals surface area contributed by atoms with Gasteiger partial charge in [0.2, 0.25) is 35.7 Å². The predicted octanol–water partition coefficient (Wildman–Crippen LogP) is 0.295. The molecule has 4 aliphatic rings. The minimum absolute atomic E-state index is 0.381. The Balaban J connectivity index is 0.989. The molecule has 1 aromatic carbocycles. The summed E-state index contributed by atoms with van der Waals surface area (Å²) in [6, 6.07) is 7.81. The first kappa shape index (κ1) is 31.8. The Kier molecular flexibility index (Phi) is 10.5. The fraction of sp³-hybridized carbons (Fsp3) is 0.533. The van der Waals surface area contributed by atoms with Gasteiger partial charge in [-0.3, -0.25) is 0 Å². The van der Waals surface area contributed by atoms with Crippen molar-refractivity contribution in [3.05, 3.63) is 35.4 Å². The molecule has 4 saturated heterocycles. The minimum atomic E-state index is 0.381. The van der Waals surface area contributed by atoms with Crippen LogP contribution in [0.3, 0.4) is 0 Å². The van der Waals surface area contributed by atoms with E-state index < -0.39 is 0 Å². The number of nitrogens with zero attached hydrogens (tertiary/aromatic N) is 12. The first-order valence-electron chi connectivity index (χ1n) is 16.3. The van der Waals surface area contributed by atoms with Gasteiger partial charge in [0.25, 0.3) is 0 Å². The molecule has 0 unspecified atom stereocenters. The number of hydrogen-bond acceptors (Lipinski definition) is 18. The van der Waals surface area contributed by atoms with Crippen LogP contribution in [0.2, 0.25) is 0 Å². The molecule has 18 heteroatoms. The second kappa shape index (κ2) is 15.9. The molecule has 4 fully saturated rings. The van der Waals surface area contributed by atoms with Gasteiger partial charge < -0.3 is 38.5 Å².